The molecule has 0 bridgehead atoms. The summed E-state index contributed by atoms with van der Waals surface area (Å²) in [5, 5.41) is 10.5. The average molecular weight is 412 g/mol. The molecule has 0 aliphatic carbocycles. The standard InChI is InChI=1S/C19H16N4O5S/c1-19(7-11-2-3-13-14(6-11)27-10-26-13)17(24)23(18(25)21-19)8-15-20-16(22-28-15)12-4-5-29-9-12/h2-6,9H,7-8,10H2,1H3,(H,21,25)/t19-/m1/s1. The maximum absolute atomic E-state index is 13.0. The van der Waals surface area contributed by atoms with Crippen molar-refractivity contribution in [3.05, 3.63) is 46.5 Å². The van der Waals surface area contributed by atoms with Crippen LogP contribution in [0.25, 0.3) is 11.4 Å². The molecule has 2 aliphatic rings. The summed E-state index contributed by atoms with van der Waals surface area (Å²) in [6, 6.07) is 6.85. The largest absolute Gasteiger partial charge is 0.454 e. The molecule has 1 atom stereocenters. The minimum Gasteiger partial charge on any atom is -0.454 e. The number of carbonyl (C=O) groups excluding carboxylic acids is 2. The summed E-state index contributed by atoms with van der Waals surface area (Å²) in [4.78, 5) is 30.9. The zero-order valence-corrected chi connectivity index (χ0v) is 16.2. The molecule has 5 rings (SSSR count). The van der Waals surface area contributed by atoms with E-state index in [1.807, 2.05) is 29.0 Å². The van der Waals surface area contributed by atoms with Gasteiger partial charge in [0.2, 0.25) is 18.5 Å². The molecule has 10 heteroatoms. The first kappa shape index (κ1) is 17.7. The van der Waals surface area contributed by atoms with E-state index >= 15 is 0 Å². The molecule has 0 radical (unpaired) electrons. The Balaban J connectivity index is 1.33. The topological polar surface area (TPSA) is 107 Å². The molecule has 0 saturated carbocycles. The summed E-state index contributed by atoms with van der Waals surface area (Å²) < 4.78 is 15.9. The molecule has 1 saturated heterocycles. The Labute approximate surface area is 169 Å². The van der Waals surface area contributed by atoms with Gasteiger partial charge < -0.3 is 19.3 Å². The second kappa shape index (κ2) is 6.59. The van der Waals surface area contributed by atoms with Crippen LogP contribution in [0.4, 0.5) is 4.79 Å². The summed E-state index contributed by atoms with van der Waals surface area (Å²) in [7, 11) is 0. The number of amides is 3. The van der Waals surface area contributed by atoms with Crippen molar-refractivity contribution in [1.82, 2.24) is 20.4 Å². The van der Waals surface area contributed by atoms with E-state index in [0.29, 0.717) is 23.7 Å². The van der Waals surface area contributed by atoms with E-state index in [1.165, 1.54) is 11.3 Å². The van der Waals surface area contributed by atoms with Gasteiger partial charge in [0.1, 0.15) is 12.1 Å². The van der Waals surface area contributed by atoms with Crippen molar-refractivity contribution in [1.29, 1.82) is 0 Å². The highest BCUT2D eigenvalue weighted by atomic mass is 32.1. The quantitative estimate of drug-likeness (QED) is 0.642. The summed E-state index contributed by atoms with van der Waals surface area (Å²) >= 11 is 1.52. The number of benzene rings is 1. The predicted octanol–water partition coefficient (Wildman–Crippen LogP) is 2.58. The first-order valence-corrected chi connectivity index (χ1v) is 9.84. The Kier molecular flexibility index (Phi) is 4.02. The smallest absolute Gasteiger partial charge is 0.325 e. The fourth-order valence-electron chi connectivity index (χ4n) is 3.43. The number of thiophene rings is 1. The van der Waals surface area contributed by atoms with E-state index in [-0.39, 0.29) is 25.1 Å². The highest BCUT2D eigenvalue weighted by Gasteiger charge is 2.48. The van der Waals surface area contributed by atoms with Crippen molar-refractivity contribution in [3.8, 4) is 22.9 Å². The number of nitrogens with zero attached hydrogens (tertiary/aromatic N) is 3. The fraction of sp³-hybridized carbons (Fsp3) is 0.263. The minimum absolute atomic E-state index is 0.0848. The van der Waals surface area contributed by atoms with Gasteiger partial charge in [0.15, 0.2) is 11.5 Å². The van der Waals surface area contributed by atoms with E-state index in [1.54, 1.807) is 13.0 Å². The second-order valence-corrected chi connectivity index (χ2v) is 7.82. The number of hydrogen-bond acceptors (Lipinski definition) is 8. The van der Waals surface area contributed by atoms with Crippen LogP contribution >= 0.6 is 11.3 Å². The second-order valence-electron chi connectivity index (χ2n) is 7.04. The Morgan fingerprint density at radius 2 is 2.10 bits per heavy atom. The third-order valence-electron chi connectivity index (χ3n) is 4.88. The Morgan fingerprint density at radius 1 is 1.24 bits per heavy atom. The molecule has 2 aromatic heterocycles. The number of urea groups is 1. The first-order valence-electron chi connectivity index (χ1n) is 8.90. The van der Waals surface area contributed by atoms with E-state index in [2.05, 4.69) is 15.5 Å². The van der Waals surface area contributed by atoms with Crippen molar-refractivity contribution in [3.63, 3.8) is 0 Å². The number of ether oxygens (including phenoxy) is 2. The van der Waals surface area contributed by atoms with Crippen LogP contribution in [0, 0.1) is 0 Å². The Morgan fingerprint density at radius 3 is 2.93 bits per heavy atom. The molecule has 148 valence electrons. The zero-order valence-electron chi connectivity index (χ0n) is 15.4. The maximum atomic E-state index is 13.0. The monoisotopic (exact) mass is 412 g/mol. The Bertz CT molecular complexity index is 1100. The van der Waals surface area contributed by atoms with Gasteiger partial charge >= 0.3 is 6.03 Å². The number of hydrogen-bond donors (Lipinski definition) is 1. The van der Waals surface area contributed by atoms with Gasteiger partial charge in [-0.15, -0.1) is 0 Å². The molecule has 1 N–H and O–H groups in total. The lowest BCUT2D eigenvalue weighted by Gasteiger charge is -2.21. The zero-order chi connectivity index (χ0) is 20.0. The van der Waals surface area contributed by atoms with Gasteiger partial charge in [-0.25, -0.2) is 4.79 Å². The van der Waals surface area contributed by atoms with Gasteiger partial charge in [0.05, 0.1) is 0 Å². The lowest BCUT2D eigenvalue weighted by molar-refractivity contribution is -0.131. The van der Waals surface area contributed by atoms with Crippen LogP contribution in [-0.4, -0.2) is 39.3 Å². The number of aromatic nitrogens is 2. The molecule has 3 aromatic rings. The van der Waals surface area contributed by atoms with Crippen molar-refractivity contribution in [2.75, 3.05) is 6.79 Å². The molecule has 0 unspecified atom stereocenters. The summed E-state index contributed by atoms with van der Waals surface area (Å²) in [5.74, 6) is 1.57. The van der Waals surface area contributed by atoms with E-state index in [0.717, 1.165) is 16.0 Å². The van der Waals surface area contributed by atoms with E-state index in [4.69, 9.17) is 14.0 Å². The summed E-state index contributed by atoms with van der Waals surface area (Å²) in [6.45, 7) is 1.79. The number of carbonyl (C=O) groups is 2. The molecule has 1 aromatic carbocycles. The summed E-state index contributed by atoms with van der Waals surface area (Å²) in [5.41, 5.74) is 0.598. The van der Waals surface area contributed by atoms with Crippen molar-refractivity contribution in [2.45, 2.75) is 25.4 Å². The molecule has 0 spiro atoms. The molecular weight excluding hydrogens is 396 g/mol. The fourth-order valence-corrected chi connectivity index (χ4v) is 4.07. The Hall–Kier alpha value is -3.40. The molecule has 2 aliphatic heterocycles. The lowest BCUT2D eigenvalue weighted by Crippen LogP contribution is -2.45. The van der Waals surface area contributed by atoms with Gasteiger partial charge in [0.25, 0.3) is 5.91 Å². The molecule has 29 heavy (non-hydrogen) atoms. The van der Waals surface area contributed by atoms with Gasteiger partial charge in [-0.1, -0.05) is 11.2 Å². The van der Waals surface area contributed by atoms with Crippen molar-refractivity contribution in [2.24, 2.45) is 0 Å². The van der Waals surface area contributed by atoms with Gasteiger partial charge in [0, 0.05) is 17.4 Å². The van der Waals surface area contributed by atoms with Crippen LogP contribution in [0.1, 0.15) is 18.4 Å². The molecule has 9 nitrogen and oxygen atoms in total. The predicted molar refractivity (Wildman–Crippen MR) is 101 cm³/mol. The highest BCUT2D eigenvalue weighted by molar-refractivity contribution is 7.08. The molecule has 4 heterocycles. The van der Waals surface area contributed by atoms with Crippen molar-refractivity contribution >= 4 is 23.3 Å². The summed E-state index contributed by atoms with van der Waals surface area (Å²) in [6.07, 6.45) is 0.314. The van der Waals surface area contributed by atoms with Crippen LogP contribution in [0.15, 0.2) is 39.5 Å². The van der Waals surface area contributed by atoms with Crippen molar-refractivity contribution < 1.29 is 23.6 Å². The van der Waals surface area contributed by atoms with Crippen LogP contribution < -0.4 is 14.8 Å². The number of nitrogens with one attached hydrogen (secondary N) is 1. The van der Waals surface area contributed by atoms with Crippen LogP contribution in [-0.2, 0) is 17.8 Å². The lowest BCUT2D eigenvalue weighted by atomic mass is 9.92. The number of fused-ring (bicyclic) bond motifs is 1. The van der Waals surface area contributed by atoms with Crippen LogP contribution in [0.3, 0.4) is 0 Å². The minimum atomic E-state index is -1.08. The number of rotatable bonds is 5. The molecule has 3 amide bonds. The van der Waals surface area contributed by atoms with E-state index < -0.39 is 11.6 Å². The molecular formula is C19H16N4O5S. The van der Waals surface area contributed by atoms with Gasteiger partial charge in [-0.3, -0.25) is 9.69 Å². The molecule has 1 fully saturated rings. The maximum Gasteiger partial charge on any atom is 0.325 e. The first-order chi connectivity index (χ1) is 14.0. The van der Waals surface area contributed by atoms with E-state index in [9.17, 15) is 9.59 Å². The third-order valence-corrected chi connectivity index (χ3v) is 5.56. The van der Waals surface area contributed by atoms with Gasteiger partial charge in [-0.05, 0) is 36.1 Å². The SMILES string of the molecule is C[C@]1(Cc2ccc3c(c2)OCO3)NC(=O)N(Cc2nc(-c3ccsc3)no2)C1=O. The number of imide groups is 1. The van der Waals surface area contributed by atoms with Crippen LogP contribution in [0.2, 0.25) is 0 Å². The van der Waals surface area contributed by atoms with Gasteiger partial charge in [-0.2, -0.15) is 16.3 Å². The normalized spacial score (nSPS) is 20.4. The average Bonchev–Trinajstić information content (AvgIpc) is 3.47. The third kappa shape index (κ3) is 3.11. The van der Waals surface area contributed by atoms with Crippen LogP contribution in [0.5, 0.6) is 11.5 Å². The highest BCUT2D eigenvalue weighted by Crippen LogP contribution is 2.34.